The first-order chi connectivity index (χ1) is 8.41. The minimum absolute atomic E-state index is 0.0863. The number of halogens is 2. The Bertz CT molecular complexity index is 637. The molecule has 0 bridgehead atoms. The highest BCUT2D eigenvalue weighted by Crippen LogP contribution is 2.24. The molecule has 1 heterocycles. The van der Waals surface area contributed by atoms with Crippen LogP contribution in [0, 0.1) is 19.7 Å². The van der Waals surface area contributed by atoms with E-state index in [9.17, 15) is 9.18 Å². The summed E-state index contributed by atoms with van der Waals surface area (Å²) in [5.74, 6) is -1.78. The van der Waals surface area contributed by atoms with E-state index >= 15 is 0 Å². The van der Waals surface area contributed by atoms with Crippen molar-refractivity contribution in [3.63, 3.8) is 0 Å². The fourth-order valence-electron chi connectivity index (χ4n) is 1.67. The van der Waals surface area contributed by atoms with E-state index in [0.29, 0.717) is 0 Å². The van der Waals surface area contributed by atoms with E-state index in [1.54, 1.807) is 13.8 Å². The average molecular weight is 313 g/mol. The molecule has 0 saturated heterocycles. The van der Waals surface area contributed by atoms with Gasteiger partial charge in [-0.1, -0.05) is 0 Å². The van der Waals surface area contributed by atoms with E-state index < -0.39 is 11.8 Å². The first-order valence-corrected chi connectivity index (χ1v) is 5.96. The van der Waals surface area contributed by atoms with Gasteiger partial charge in [0.1, 0.15) is 11.5 Å². The minimum atomic E-state index is -1.16. The van der Waals surface area contributed by atoms with E-state index in [-0.39, 0.29) is 11.3 Å². The molecule has 0 aliphatic carbocycles. The Labute approximate surface area is 111 Å². The van der Waals surface area contributed by atoms with Gasteiger partial charge in [0.15, 0.2) is 0 Å². The van der Waals surface area contributed by atoms with Crippen molar-refractivity contribution in [2.75, 3.05) is 0 Å². The monoisotopic (exact) mass is 312 g/mol. The number of aromatic nitrogens is 2. The standard InChI is InChI=1S/C12H10BrFN2O2/c1-6-11(13)7(2)16(15-6)10-4-3-8(12(17)18)5-9(10)14/h3-5H,1-2H3,(H,17,18). The van der Waals surface area contributed by atoms with Crippen molar-refractivity contribution in [1.82, 2.24) is 9.78 Å². The maximum absolute atomic E-state index is 13.9. The van der Waals surface area contributed by atoms with Crippen LogP contribution in [0.2, 0.25) is 0 Å². The number of benzene rings is 1. The second-order valence-electron chi connectivity index (χ2n) is 3.87. The van der Waals surface area contributed by atoms with Gasteiger partial charge in [-0.25, -0.2) is 13.9 Å². The van der Waals surface area contributed by atoms with Gasteiger partial charge in [-0.3, -0.25) is 0 Å². The molecule has 0 saturated carbocycles. The van der Waals surface area contributed by atoms with Crippen LogP contribution in [0.15, 0.2) is 22.7 Å². The molecule has 94 valence electrons. The summed E-state index contributed by atoms with van der Waals surface area (Å²) in [7, 11) is 0. The fourth-order valence-corrected chi connectivity index (χ4v) is 1.92. The smallest absolute Gasteiger partial charge is 0.335 e. The number of aryl methyl sites for hydroxylation is 1. The molecule has 2 aromatic rings. The van der Waals surface area contributed by atoms with Gasteiger partial charge in [-0.05, 0) is 48.0 Å². The second-order valence-corrected chi connectivity index (χ2v) is 4.66. The van der Waals surface area contributed by atoms with Gasteiger partial charge in [0, 0.05) is 0 Å². The van der Waals surface area contributed by atoms with Gasteiger partial charge in [0.2, 0.25) is 0 Å². The Hall–Kier alpha value is -1.69. The molecule has 0 atom stereocenters. The Morgan fingerprint density at radius 1 is 1.44 bits per heavy atom. The van der Waals surface area contributed by atoms with Gasteiger partial charge in [0.25, 0.3) is 0 Å². The van der Waals surface area contributed by atoms with Gasteiger partial charge >= 0.3 is 5.97 Å². The molecular formula is C12H10BrFN2O2. The molecule has 1 aromatic carbocycles. The largest absolute Gasteiger partial charge is 0.478 e. The first kappa shape index (κ1) is 12.8. The summed E-state index contributed by atoms with van der Waals surface area (Å²) < 4.78 is 16.1. The summed E-state index contributed by atoms with van der Waals surface area (Å²) in [5, 5.41) is 13.0. The van der Waals surface area contributed by atoms with E-state index in [4.69, 9.17) is 5.11 Å². The van der Waals surface area contributed by atoms with Crippen LogP contribution in [-0.4, -0.2) is 20.9 Å². The number of carboxylic acid groups (broad SMARTS) is 1. The maximum Gasteiger partial charge on any atom is 0.335 e. The lowest BCUT2D eigenvalue weighted by molar-refractivity contribution is 0.0696. The Balaban J connectivity index is 2.58. The lowest BCUT2D eigenvalue weighted by Gasteiger charge is -2.06. The van der Waals surface area contributed by atoms with Crippen LogP contribution in [0.4, 0.5) is 4.39 Å². The van der Waals surface area contributed by atoms with Crippen LogP contribution in [0.5, 0.6) is 0 Å². The highest BCUT2D eigenvalue weighted by Gasteiger charge is 2.15. The van der Waals surface area contributed by atoms with Gasteiger partial charge in [0.05, 0.1) is 21.4 Å². The van der Waals surface area contributed by atoms with Crippen LogP contribution >= 0.6 is 15.9 Å². The third-order valence-electron chi connectivity index (χ3n) is 2.63. The summed E-state index contributed by atoms with van der Waals surface area (Å²) in [6.45, 7) is 3.60. The SMILES string of the molecule is Cc1nn(-c2ccc(C(=O)O)cc2F)c(C)c1Br. The topological polar surface area (TPSA) is 55.1 Å². The molecule has 0 aliphatic rings. The normalized spacial score (nSPS) is 10.7. The number of rotatable bonds is 2. The van der Waals surface area contributed by atoms with Crippen LogP contribution in [0.25, 0.3) is 5.69 Å². The Morgan fingerprint density at radius 3 is 2.56 bits per heavy atom. The van der Waals surface area contributed by atoms with Gasteiger partial charge in [-0.2, -0.15) is 5.10 Å². The molecule has 1 N–H and O–H groups in total. The van der Waals surface area contributed by atoms with Crippen LogP contribution < -0.4 is 0 Å². The predicted octanol–water partition coefficient (Wildman–Crippen LogP) is 3.09. The van der Waals surface area contributed by atoms with Crippen molar-refractivity contribution >= 4 is 21.9 Å². The molecule has 18 heavy (non-hydrogen) atoms. The molecule has 0 radical (unpaired) electrons. The highest BCUT2D eigenvalue weighted by atomic mass is 79.9. The van der Waals surface area contributed by atoms with Crippen molar-refractivity contribution < 1.29 is 14.3 Å². The molecule has 6 heteroatoms. The molecule has 1 aromatic heterocycles. The van der Waals surface area contributed by atoms with Gasteiger partial charge in [-0.15, -0.1) is 0 Å². The number of aromatic carboxylic acids is 1. The minimum Gasteiger partial charge on any atom is -0.478 e. The summed E-state index contributed by atoms with van der Waals surface area (Å²) in [5.41, 5.74) is 1.65. The fraction of sp³-hybridized carbons (Fsp3) is 0.167. The van der Waals surface area contributed by atoms with Crippen LogP contribution in [0.1, 0.15) is 21.7 Å². The molecule has 0 aliphatic heterocycles. The maximum atomic E-state index is 13.9. The summed E-state index contributed by atoms with van der Waals surface area (Å²) in [6, 6.07) is 3.75. The van der Waals surface area contributed by atoms with E-state index in [0.717, 1.165) is 21.9 Å². The number of carboxylic acids is 1. The quantitative estimate of drug-likeness (QED) is 0.927. The third-order valence-corrected chi connectivity index (χ3v) is 3.77. The molecule has 0 amide bonds. The van der Waals surface area contributed by atoms with Gasteiger partial charge < -0.3 is 5.11 Å². The molecular weight excluding hydrogens is 303 g/mol. The van der Waals surface area contributed by atoms with Crippen LogP contribution in [-0.2, 0) is 0 Å². The average Bonchev–Trinajstić information content (AvgIpc) is 2.57. The molecule has 2 rings (SSSR count). The number of hydrogen-bond donors (Lipinski definition) is 1. The highest BCUT2D eigenvalue weighted by molar-refractivity contribution is 9.10. The van der Waals surface area contributed by atoms with Crippen molar-refractivity contribution in [1.29, 1.82) is 0 Å². The molecule has 0 fully saturated rings. The lowest BCUT2D eigenvalue weighted by atomic mass is 10.2. The molecule has 0 spiro atoms. The Kier molecular flexibility index (Phi) is 3.21. The van der Waals surface area contributed by atoms with Crippen molar-refractivity contribution in [3.8, 4) is 5.69 Å². The zero-order valence-corrected chi connectivity index (χ0v) is 11.3. The van der Waals surface area contributed by atoms with Crippen molar-refractivity contribution in [3.05, 3.63) is 45.4 Å². The van der Waals surface area contributed by atoms with E-state index in [2.05, 4.69) is 21.0 Å². The zero-order valence-electron chi connectivity index (χ0n) is 9.74. The number of nitrogens with zero attached hydrogens (tertiary/aromatic N) is 2. The van der Waals surface area contributed by atoms with Crippen LogP contribution in [0.3, 0.4) is 0 Å². The summed E-state index contributed by atoms with van der Waals surface area (Å²) in [4.78, 5) is 10.7. The van der Waals surface area contributed by atoms with E-state index in [1.807, 2.05) is 0 Å². The second kappa shape index (κ2) is 4.53. The zero-order chi connectivity index (χ0) is 13.4. The molecule has 4 nitrogen and oxygen atoms in total. The summed E-state index contributed by atoms with van der Waals surface area (Å²) >= 11 is 3.36. The van der Waals surface area contributed by atoms with Crippen molar-refractivity contribution in [2.24, 2.45) is 0 Å². The molecule has 0 unspecified atom stereocenters. The third kappa shape index (κ3) is 2.03. The number of carbonyl (C=O) groups is 1. The van der Waals surface area contributed by atoms with Crippen molar-refractivity contribution in [2.45, 2.75) is 13.8 Å². The first-order valence-electron chi connectivity index (χ1n) is 5.16. The Morgan fingerprint density at radius 2 is 2.11 bits per heavy atom. The lowest BCUT2D eigenvalue weighted by Crippen LogP contribution is -2.04. The number of hydrogen-bond acceptors (Lipinski definition) is 2. The summed E-state index contributed by atoms with van der Waals surface area (Å²) in [6.07, 6.45) is 0. The predicted molar refractivity (Wildman–Crippen MR) is 67.7 cm³/mol. The van der Waals surface area contributed by atoms with E-state index in [1.165, 1.54) is 16.8 Å².